The predicted octanol–water partition coefficient (Wildman–Crippen LogP) is 3.14. The molecule has 0 amide bonds. The first-order valence-corrected chi connectivity index (χ1v) is 5.51. The number of halogens is 3. The highest BCUT2D eigenvalue weighted by Crippen LogP contribution is 2.33. The number of aromatic carboxylic acids is 1. The fraction of sp³-hybridized carbons (Fsp3) is 0.0714. The lowest BCUT2D eigenvalue weighted by atomic mass is 10.0. The van der Waals surface area contributed by atoms with Gasteiger partial charge in [0.25, 0.3) is 0 Å². The Balaban J connectivity index is 2.52. The maximum absolute atomic E-state index is 12.6. The summed E-state index contributed by atoms with van der Waals surface area (Å²) in [6, 6.07) is 7.86. The van der Waals surface area contributed by atoms with E-state index in [4.69, 9.17) is 5.11 Å². The summed E-state index contributed by atoms with van der Waals surface area (Å²) in [7, 11) is 0. The second-order valence-electron chi connectivity index (χ2n) is 4.09. The molecule has 20 heavy (non-hydrogen) atoms. The molecule has 0 heterocycles. The molecular formula is C14H8F3O3-. The maximum Gasteiger partial charge on any atom is 0.416 e. The zero-order valence-electron chi connectivity index (χ0n) is 9.94. The van der Waals surface area contributed by atoms with E-state index in [2.05, 4.69) is 0 Å². The van der Waals surface area contributed by atoms with Crippen molar-refractivity contribution in [3.05, 3.63) is 53.6 Å². The summed E-state index contributed by atoms with van der Waals surface area (Å²) in [6.45, 7) is 0. The van der Waals surface area contributed by atoms with Gasteiger partial charge in [0.05, 0.1) is 11.1 Å². The molecule has 0 aliphatic heterocycles. The van der Waals surface area contributed by atoms with E-state index in [0.29, 0.717) is 0 Å². The monoisotopic (exact) mass is 281 g/mol. The lowest BCUT2D eigenvalue weighted by Gasteiger charge is -2.13. The zero-order chi connectivity index (χ0) is 14.9. The van der Waals surface area contributed by atoms with E-state index in [0.717, 1.165) is 24.3 Å². The van der Waals surface area contributed by atoms with Crippen LogP contribution in [0.4, 0.5) is 13.2 Å². The van der Waals surface area contributed by atoms with E-state index in [1.807, 2.05) is 0 Å². The molecule has 0 saturated heterocycles. The van der Waals surface area contributed by atoms with E-state index in [1.165, 1.54) is 18.2 Å². The van der Waals surface area contributed by atoms with Gasteiger partial charge in [-0.2, -0.15) is 13.2 Å². The molecule has 0 aliphatic carbocycles. The van der Waals surface area contributed by atoms with Crippen LogP contribution in [0.15, 0.2) is 42.5 Å². The minimum atomic E-state index is -4.48. The number of rotatable bonds is 2. The van der Waals surface area contributed by atoms with Crippen LogP contribution in [0.25, 0.3) is 11.1 Å². The highest BCUT2D eigenvalue weighted by molar-refractivity contribution is 5.92. The van der Waals surface area contributed by atoms with E-state index in [9.17, 15) is 23.1 Å². The Morgan fingerprint density at radius 1 is 1.05 bits per heavy atom. The Bertz CT molecular complexity index is 663. The summed E-state index contributed by atoms with van der Waals surface area (Å²) in [5.74, 6) is -2.10. The summed E-state index contributed by atoms with van der Waals surface area (Å²) in [5, 5.41) is 20.2. The van der Waals surface area contributed by atoms with Crippen molar-refractivity contribution in [3.8, 4) is 16.9 Å². The van der Waals surface area contributed by atoms with E-state index in [1.54, 1.807) is 0 Å². The fourth-order valence-electron chi connectivity index (χ4n) is 1.75. The molecule has 0 saturated carbocycles. The van der Waals surface area contributed by atoms with Gasteiger partial charge in [0.15, 0.2) is 0 Å². The van der Waals surface area contributed by atoms with Gasteiger partial charge in [-0.3, -0.25) is 0 Å². The second kappa shape index (κ2) is 4.88. The van der Waals surface area contributed by atoms with Crippen molar-refractivity contribution in [1.29, 1.82) is 0 Å². The standard InChI is InChI=1S/C14H9F3O3/c15-14(16,17)10-3-1-2-8(6-10)9-4-5-12(18)11(7-9)13(19)20/h1-7,18H,(H,19,20)/p-1. The molecule has 0 bridgehead atoms. The van der Waals surface area contributed by atoms with Crippen LogP contribution in [-0.4, -0.2) is 11.1 Å². The molecule has 3 nitrogen and oxygen atoms in total. The Labute approximate surface area is 111 Å². The van der Waals surface area contributed by atoms with Crippen LogP contribution in [-0.2, 0) is 6.18 Å². The average Bonchev–Trinajstić information content (AvgIpc) is 2.38. The lowest BCUT2D eigenvalue weighted by molar-refractivity contribution is -0.268. The largest absolute Gasteiger partial charge is 0.872 e. The van der Waals surface area contributed by atoms with Crippen molar-refractivity contribution in [2.45, 2.75) is 6.18 Å². The first-order chi connectivity index (χ1) is 9.29. The number of benzene rings is 2. The van der Waals surface area contributed by atoms with Gasteiger partial charge in [-0.05, 0) is 29.3 Å². The maximum atomic E-state index is 12.6. The Hall–Kier alpha value is -2.50. The molecule has 0 aromatic heterocycles. The van der Waals surface area contributed by atoms with Crippen LogP contribution < -0.4 is 5.11 Å². The second-order valence-corrected chi connectivity index (χ2v) is 4.09. The SMILES string of the molecule is O=C(O)c1cc(-c2cccc(C(F)(F)F)c2)ccc1[O-]. The Kier molecular flexibility index (Phi) is 3.40. The minimum absolute atomic E-state index is 0.197. The fourth-order valence-corrected chi connectivity index (χ4v) is 1.75. The average molecular weight is 281 g/mol. The summed E-state index contributed by atoms with van der Waals surface area (Å²) >= 11 is 0. The summed E-state index contributed by atoms with van der Waals surface area (Å²) < 4.78 is 37.8. The number of carboxylic acid groups (broad SMARTS) is 1. The zero-order valence-corrected chi connectivity index (χ0v) is 9.94. The van der Waals surface area contributed by atoms with E-state index in [-0.39, 0.29) is 11.1 Å². The summed E-state index contributed by atoms with van der Waals surface area (Å²) in [6.07, 6.45) is -4.48. The van der Waals surface area contributed by atoms with Crippen LogP contribution >= 0.6 is 0 Å². The van der Waals surface area contributed by atoms with Crippen molar-refractivity contribution in [2.75, 3.05) is 0 Å². The molecule has 0 spiro atoms. The Morgan fingerprint density at radius 2 is 1.70 bits per heavy atom. The lowest BCUT2D eigenvalue weighted by Crippen LogP contribution is -2.05. The minimum Gasteiger partial charge on any atom is -0.872 e. The van der Waals surface area contributed by atoms with E-state index < -0.39 is 29.0 Å². The highest BCUT2D eigenvalue weighted by Gasteiger charge is 2.30. The van der Waals surface area contributed by atoms with Crippen molar-refractivity contribution in [2.24, 2.45) is 0 Å². The van der Waals surface area contributed by atoms with Gasteiger partial charge < -0.3 is 10.2 Å². The summed E-state index contributed by atoms with van der Waals surface area (Å²) in [4.78, 5) is 10.9. The van der Waals surface area contributed by atoms with Gasteiger partial charge in [0.2, 0.25) is 0 Å². The van der Waals surface area contributed by atoms with E-state index >= 15 is 0 Å². The van der Waals surface area contributed by atoms with Gasteiger partial charge in [-0.25, -0.2) is 4.79 Å². The topological polar surface area (TPSA) is 60.4 Å². The molecule has 1 N–H and O–H groups in total. The van der Waals surface area contributed by atoms with Gasteiger partial charge in [0, 0.05) is 0 Å². The van der Waals surface area contributed by atoms with Crippen molar-refractivity contribution in [3.63, 3.8) is 0 Å². The number of hydrogen-bond acceptors (Lipinski definition) is 2. The molecule has 0 unspecified atom stereocenters. The van der Waals surface area contributed by atoms with Crippen LogP contribution in [0.5, 0.6) is 5.75 Å². The number of carbonyl (C=O) groups is 1. The summed E-state index contributed by atoms with van der Waals surface area (Å²) in [5.41, 5.74) is -0.867. The molecule has 0 radical (unpaired) electrons. The molecular weight excluding hydrogens is 273 g/mol. The van der Waals surface area contributed by atoms with Gasteiger partial charge in [-0.15, -0.1) is 0 Å². The molecule has 2 aromatic rings. The quantitative estimate of drug-likeness (QED) is 0.919. The van der Waals surface area contributed by atoms with Crippen molar-refractivity contribution >= 4 is 5.97 Å². The van der Waals surface area contributed by atoms with Crippen molar-refractivity contribution < 1.29 is 28.2 Å². The van der Waals surface area contributed by atoms with Crippen LogP contribution in [0.3, 0.4) is 0 Å². The molecule has 6 heteroatoms. The molecule has 0 aliphatic rings. The molecule has 0 fully saturated rings. The molecule has 0 atom stereocenters. The smallest absolute Gasteiger partial charge is 0.416 e. The number of hydrogen-bond donors (Lipinski definition) is 1. The molecule has 104 valence electrons. The van der Waals surface area contributed by atoms with Crippen LogP contribution in [0.1, 0.15) is 15.9 Å². The van der Waals surface area contributed by atoms with Crippen molar-refractivity contribution in [1.82, 2.24) is 0 Å². The third-order valence-corrected chi connectivity index (χ3v) is 2.73. The highest BCUT2D eigenvalue weighted by atomic mass is 19.4. The van der Waals surface area contributed by atoms with Gasteiger partial charge in [-0.1, -0.05) is 30.0 Å². The molecule has 2 aromatic carbocycles. The van der Waals surface area contributed by atoms with Gasteiger partial charge in [0.1, 0.15) is 0 Å². The van der Waals surface area contributed by atoms with Crippen LogP contribution in [0.2, 0.25) is 0 Å². The number of carboxylic acids is 1. The predicted molar refractivity (Wildman–Crippen MR) is 63.3 cm³/mol. The normalized spacial score (nSPS) is 11.3. The molecule has 2 rings (SSSR count). The third-order valence-electron chi connectivity index (χ3n) is 2.73. The van der Waals surface area contributed by atoms with Gasteiger partial charge >= 0.3 is 12.1 Å². The first-order valence-electron chi connectivity index (χ1n) is 5.51. The number of alkyl halides is 3. The first kappa shape index (κ1) is 13.9. The Morgan fingerprint density at radius 3 is 2.30 bits per heavy atom. The third kappa shape index (κ3) is 2.74. The van der Waals surface area contributed by atoms with Crippen LogP contribution in [0, 0.1) is 0 Å².